The van der Waals surface area contributed by atoms with Crippen molar-refractivity contribution >= 4 is 44.9 Å². The summed E-state index contributed by atoms with van der Waals surface area (Å²) in [5.74, 6) is 0.493. The second-order valence-corrected chi connectivity index (χ2v) is 7.57. The quantitative estimate of drug-likeness (QED) is 0.777. The summed E-state index contributed by atoms with van der Waals surface area (Å²) < 4.78 is 1.10. The van der Waals surface area contributed by atoms with E-state index in [2.05, 4.69) is 44.3 Å². The number of rotatable bonds is 5. The van der Waals surface area contributed by atoms with E-state index in [0.29, 0.717) is 5.92 Å². The molecule has 1 amide bonds. The van der Waals surface area contributed by atoms with Gasteiger partial charge in [0.1, 0.15) is 0 Å². The minimum atomic E-state index is -0.0145. The molecule has 1 aromatic heterocycles. The zero-order valence-electron chi connectivity index (χ0n) is 12.7. The molecule has 1 atom stereocenters. The minimum Gasteiger partial charge on any atom is -0.371 e. The third-order valence-corrected chi connectivity index (χ3v) is 5.30. The fraction of sp³-hybridized carbons (Fsp3) is 0.278. The van der Waals surface area contributed by atoms with Crippen molar-refractivity contribution in [1.82, 2.24) is 5.32 Å². The zero-order chi connectivity index (χ0) is 16.1. The van der Waals surface area contributed by atoms with Crippen LogP contribution >= 0.6 is 27.3 Å². The van der Waals surface area contributed by atoms with E-state index < -0.39 is 0 Å². The molecule has 1 aliphatic rings. The summed E-state index contributed by atoms with van der Waals surface area (Å²) in [6.45, 7) is 2.77. The number of nitrogens with one attached hydrogen (secondary N) is 1. The molecule has 0 aliphatic carbocycles. The third-order valence-electron chi connectivity index (χ3n) is 3.97. The van der Waals surface area contributed by atoms with Crippen LogP contribution in [-0.4, -0.2) is 25.5 Å². The lowest BCUT2D eigenvalue weighted by molar-refractivity contribution is -0.116. The molecule has 0 saturated carbocycles. The van der Waals surface area contributed by atoms with E-state index in [1.807, 2.05) is 29.7 Å². The average Bonchev–Trinajstić information content (AvgIpc) is 3.22. The number of hydrogen-bond donors (Lipinski definition) is 1. The molecule has 2 aromatic rings. The van der Waals surface area contributed by atoms with Crippen LogP contribution in [0.4, 0.5) is 5.69 Å². The van der Waals surface area contributed by atoms with E-state index in [1.54, 1.807) is 17.4 Å². The van der Waals surface area contributed by atoms with Gasteiger partial charge in [-0.05, 0) is 48.1 Å². The Morgan fingerprint density at radius 1 is 1.39 bits per heavy atom. The highest BCUT2D eigenvalue weighted by Crippen LogP contribution is 2.25. The van der Waals surface area contributed by atoms with Crippen LogP contribution in [0.1, 0.15) is 11.3 Å². The van der Waals surface area contributed by atoms with Crippen LogP contribution in [0.25, 0.3) is 6.08 Å². The Kier molecular flexibility index (Phi) is 5.51. The van der Waals surface area contributed by atoms with Gasteiger partial charge in [0.15, 0.2) is 0 Å². The number of thiophene rings is 1. The van der Waals surface area contributed by atoms with Gasteiger partial charge in [-0.2, -0.15) is 0 Å². The molecule has 1 aliphatic heterocycles. The molecule has 23 heavy (non-hydrogen) atoms. The maximum atomic E-state index is 11.9. The van der Waals surface area contributed by atoms with Crippen molar-refractivity contribution in [2.45, 2.75) is 6.42 Å². The molecule has 3 nitrogen and oxygen atoms in total. The number of hydrogen-bond acceptors (Lipinski definition) is 3. The average molecular weight is 391 g/mol. The number of halogens is 1. The molecular formula is C18H19BrN2OS. The number of benzene rings is 1. The van der Waals surface area contributed by atoms with E-state index in [9.17, 15) is 4.79 Å². The van der Waals surface area contributed by atoms with Gasteiger partial charge in [-0.3, -0.25) is 4.79 Å². The predicted molar refractivity (Wildman–Crippen MR) is 101 cm³/mol. The van der Waals surface area contributed by atoms with Crippen LogP contribution < -0.4 is 10.2 Å². The van der Waals surface area contributed by atoms with E-state index in [0.717, 1.165) is 35.4 Å². The van der Waals surface area contributed by atoms with Crippen LogP contribution in [0.2, 0.25) is 0 Å². The molecule has 0 spiro atoms. The molecular weight excluding hydrogens is 372 g/mol. The van der Waals surface area contributed by atoms with Gasteiger partial charge in [0, 0.05) is 40.7 Å². The molecule has 1 unspecified atom stereocenters. The molecule has 120 valence electrons. The lowest BCUT2D eigenvalue weighted by Crippen LogP contribution is -2.29. The standard InChI is InChI=1S/C18H19BrN2OS/c19-15-3-1-4-16(11-15)21-9-8-14(13-21)12-20-18(22)7-6-17-5-2-10-23-17/h1-7,10-11,14H,8-9,12-13H2,(H,20,22)/b7-6+. The number of anilines is 1. The molecule has 0 radical (unpaired) electrons. The first-order chi connectivity index (χ1) is 11.2. The normalized spacial score (nSPS) is 17.8. The van der Waals surface area contributed by atoms with E-state index in [1.165, 1.54) is 5.69 Å². The Hall–Kier alpha value is -1.59. The van der Waals surface area contributed by atoms with Crippen molar-refractivity contribution in [1.29, 1.82) is 0 Å². The maximum Gasteiger partial charge on any atom is 0.244 e. The first-order valence-electron chi connectivity index (χ1n) is 7.70. The third kappa shape index (κ3) is 4.69. The second-order valence-electron chi connectivity index (χ2n) is 5.67. The minimum absolute atomic E-state index is 0.0145. The molecule has 1 N–H and O–H groups in total. The number of nitrogens with zero attached hydrogens (tertiary/aromatic N) is 1. The highest BCUT2D eigenvalue weighted by molar-refractivity contribution is 9.10. The van der Waals surface area contributed by atoms with Gasteiger partial charge in [0.05, 0.1) is 0 Å². The van der Waals surface area contributed by atoms with Gasteiger partial charge in [-0.1, -0.05) is 28.1 Å². The summed E-state index contributed by atoms with van der Waals surface area (Å²) in [5, 5.41) is 5.02. The number of carbonyl (C=O) groups is 1. The molecule has 1 saturated heterocycles. The van der Waals surface area contributed by atoms with E-state index >= 15 is 0 Å². The summed E-state index contributed by atoms with van der Waals surface area (Å²) in [7, 11) is 0. The van der Waals surface area contributed by atoms with Crippen molar-refractivity contribution in [3.8, 4) is 0 Å². The van der Waals surface area contributed by atoms with Crippen molar-refractivity contribution in [3.05, 3.63) is 57.2 Å². The van der Waals surface area contributed by atoms with Gasteiger partial charge < -0.3 is 10.2 Å². The Balaban J connectivity index is 1.46. The molecule has 3 rings (SSSR count). The van der Waals surface area contributed by atoms with Crippen molar-refractivity contribution < 1.29 is 4.79 Å². The Morgan fingerprint density at radius 3 is 3.09 bits per heavy atom. The summed E-state index contributed by atoms with van der Waals surface area (Å²) in [4.78, 5) is 15.4. The van der Waals surface area contributed by atoms with Crippen LogP contribution in [0.3, 0.4) is 0 Å². The SMILES string of the molecule is O=C(/C=C/c1cccs1)NCC1CCN(c2cccc(Br)c2)C1. The summed E-state index contributed by atoms with van der Waals surface area (Å²) >= 11 is 5.15. The molecule has 1 fully saturated rings. The lowest BCUT2D eigenvalue weighted by Gasteiger charge is -2.19. The van der Waals surface area contributed by atoms with Crippen LogP contribution in [-0.2, 0) is 4.79 Å². The van der Waals surface area contributed by atoms with Crippen molar-refractivity contribution in [2.24, 2.45) is 5.92 Å². The first kappa shape index (κ1) is 16.3. The fourth-order valence-electron chi connectivity index (χ4n) is 2.75. The molecule has 2 heterocycles. The van der Waals surface area contributed by atoms with Crippen LogP contribution in [0, 0.1) is 5.92 Å². The fourth-order valence-corrected chi connectivity index (χ4v) is 3.76. The number of carbonyl (C=O) groups excluding carboxylic acids is 1. The molecule has 1 aromatic carbocycles. The van der Waals surface area contributed by atoms with E-state index in [4.69, 9.17) is 0 Å². The van der Waals surface area contributed by atoms with Crippen molar-refractivity contribution in [2.75, 3.05) is 24.5 Å². The first-order valence-corrected chi connectivity index (χ1v) is 9.38. The zero-order valence-corrected chi connectivity index (χ0v) is 15.1. The monoisotopic (exact) mass is 390 g/mol. The van der Waals surface area contributed by atoms with Crippen molar-refractivity contribution in [3.63, 3.8) is 0 Å². The second kappa shape index (κ2) is 7.79. The largest absolute Gasteiger partial charge is 0.371 e. The Morgan fingerprint density at radius 2 is 2.30 bits per heavy atom. The highest BCUT2D eigenvalue weighted by Gasteiger charge is 2.22. The maximum absolute atomic E-state index is 11.9. The summed E-state index contributed by atoms with van der Waals surface area (Å²) in [6.07, 6.45) is 4.59. The van der Waals surface area contributed by atoms with Gasteiger partial charge in [-0.25, -0.2) is 0 Å². The summed E-state index contributed by atoms with van der Waals surface area (Å²) in [5.41, 5.74) is 1.24. The van der Waals surface area contributed by atoms with Crippen LogP contribution in [0.5, 0.6) is 0 Å². The predicted octanol–water partition coefficient (Wildman–Crippen LogP) is 4.17. The Bertz CT molecular complexity index is 684. The van der Waals surface area contributed by atoms with Gasteiger partial charge >= 0.3 is 0 Å². The van der Waals surface area contributed by atoms with Gasteiger partial charge in [0.2, 0.25) is 5.91 Å². The van der Waals surface area contributed by atoms with Gasteiger partial charge in [0.25, 0.3) is 0 Å². The van der Waals surface area contributed by atoms with Gasteiger partial charge in [-0.15, -0.1) is 11.3 Å². The Labute approximate surface area is 149 Å². The van der Waals surface area contributed by atoms with Crippen LogP contribution in [0.15, 0.2) is 52.3 Å². The highest BCUT2D eigenvalue weighted by atomic mass is 79.9. The molecule has 5 heteroatoms. The smallest absolute Gasteiger partial charge is 0.244 e. The topological polar surface area (TPSA) is 32.3 Å². The lowest BCUT2D eigenvalue weighted by atomic mass is 10.1. The molecule has 0 bridgehead atoms. The summed E-state index contributed by atoms with van der Waals surface area (Å²) in [6, 6.07) is 12.4. The van der Waals surface area contributed by atoms with E-state index in [-0.39, 0.29) is 5.91 Å². The number of amides is 1.